The largest absolute Gasteiger partial charge is 0.496 e. The first-order chi connectivity index (χ1) is 8.49. The number of nitrogens with zero attached hydrogens (tertiary/aromatic N) is 1. The predicted octanol–water partition coefficient (Wildman–Crippen LogP) is 1.90. The van der Waals surface area contributed by atoms with E-state index in [-0.39, 0.29) is 12.3 Å². The first-order valence-corrected chi connectivity index (χ1v) is 6.11. The van der Waals surface area contributed by atoms with Crippen LogP contribution in [0.3, 0.4) is 0 Å². The number of benzene rings is 1. The molecule has 1 atom stereocenters. The first-order valence-electron chi connectivity index (χ1n) is 5.31. The van der Waals surface area contributed by atoms with Gasteiger partial charge in [0.05, 0.1) is 31.2 Å². The molecule has 0 saturated heterocycles. The number of hydrogen-bond donors (Lipinski definition) is 1. The van der Waals surface area contributed by atoms with Crippen LogP contribution in [-0.4, -0.2) is 37.3 Å². The smallest absolute Gasteiger partial charge is 0.248 e. The van der Waals surface area contributed by atoms with Crippen molar-refractivity contribution in [3.63, 3.8) is 0 Å². The van der Waals surface area contributed by atoms with Gasteiger partial charge in [0.2, 0.25) is 5.91 Å². The second-order valence-electron chi connectivity index (χ2n) is 3.69. The predicted molar refractivity (Wildman–Crippen MR) is 70.0 cm³/mol. The molecule has 100 valence electrons. The van der Waals surface area contributed by atoms with Crippen molar-refractivity contribution < 1.29 is 19.5 Å². The number of aliphatic hydroxyl groups is 1. The van der Waals surface area contributed by atoms with E-state index >= 15 is 0 Å². The summed E-state index contributed by atoms with van der Waals surface area (Å²) in [5.74, 6) is 0.378. The quantitative estimate of drug-likeness (QED) is 0.843. The molecule has 0 fully saturated rings. The number of ether oxygens (including phenoxy) is 1. The van der Waals surface area contributed by atoms with Gasteiger partial charge in [-0.15, -0.1) is 0 Å². The lowest BCUT2D eigenvalue weighted by Gasteiger charge is -2.17. The fourth-order valence-corrected chi connectivity index (χ4v) is 1.96. The minimum absolute atomic E-state index is 0.0386. The third kappa shape index (κ3) is 3.69. The van der Waals surface area contributed by atoms with Crippen LogP contribution < -0.4 is 4.74 Å². The zero-order valence-corrected chi connectivity index (χ0v) is 12.1. The zero-order chi connectivity index (χ0) is 13.7. The molecule has 18 heavy (non-hydrogen) atoms. The number of amides is 1. The van der Waals surface area contributed by atoms with E-state index < -0.39 is 6.10 Å². The summed E-state index contributed by atoms with van der Waals surface area (Å²) in [6.45, 7) is 0. The Kier molecular flexibility index (Phi) is 5.58. The number of carbonyl (C=O) groups is 1. The number of rotatable bonds is 5. The van der Waals surface area contributed by atoms with Crippen molar-refractivity contribution in [1.29, 1.82) is 0 Å². The van der Waals surface area contributed by atoms with E-state index in [1.54, 1.807) is 25.3 Å². The summed E-state index contributed by atoms with van der Waals surface area (Å²) in [5, 5.41) is 11.0. The highest BCUT2D eigenvalue weighted by molar-refractivity contribution is 9.10. The maximum Gasteiger partial charge on any atom is 0.248 e. The average Bonchev–Trinajstić information content (AvgIpc) is 2.37. The van der Waals surface area contributed by atoms with Crippen LogP contribution in [-0.2, 0) is 9.63 Å². The summed E-state index contributed by atoms with van der Waals surface area (Å²) in [6.07, 6.45) is -0.916. The van der Waals surface area contributed by atoms with Gasteiger partial charge in [0.25, 0.3) is 0 Å². The van der Waals surface area contributed by atoms with Crippen molar-refractivity contribution in [1.82, 2.24) is 5.06 Å². The number of methoxy groups -OCH3 is 1. The lowest BCUT2D eigenvalue weighted by atomic mass is 10.1. The number of hydrogen-bond acceptors (Lipinski definition) is 4. The molecule has 0 aliphatic heterocycles. The van der Waals surface area contributed by atoms with Crippen molar-refractivity contribution in [3.8, 4) is 5.75 Å². The van der Waals surface area contributed by atoms with E-state index in [4.69, 9.17) is 9.57 Å². The molecular weight excluding hydrogens is 302 g/mol. The Bertz CT molecular complexity index is 425. The van der Waals surface area contributed by atoms with Crippen LogP contribution in [0.4, 0.5) is 0 Å². The van der Waals surface area contributed by atoms with Crippen LogP contribution >= 0.6 is 15.9 Å². The number of hydroxylamine groups is 2. The standard InChI is InChI=1S/C12H16BrNO4/c1-14(18-3)12(16)7-10(15)8-4-5-11(17-2)9(13)6-8/h4-6,10,15H,7H2,1-3H3. The minimum Gasteiger partial charge on any atom is -0.496 e. The molecule has 1 rings (SSSR count). The molecule has 1 amide bonds. The van der Waals surface area contributed by atoms with Crippen LogP contribution in [0.2, 0.25) is 0 Å². The van der Waals surface area contributed by atoms with Crippen molar-refractivity contribution in [2.24, 2.45) is 0 Å². The van der Waals surface area contributed by atoms with Gasteiger partial charge in [0.1, 0.15) is 5.75 Å². The highest BCUT2D eigenvalue weighted by Gasteiger charge is 2.17. The second-order valence-corrected chi connectivity index (χ2v) is 4.54. The van der Waals surface area contributed by atoms with E-state index in [0.717, 1.165) is 9.54 Å². The van der Waals surface area contributed by atoms with Gasteiger partial charge < -0.3 is 9.84 Å². The second kappa shape index (κ2) is 6.72. The van der Waals surface area contributed by atoms with Crippen LogP contribution in [0, 0.1) is 0 Å². The Labute approximate surface area is 114 Å². The van der Waals surface area contributed by atoms with E-state index in [1.807, 2.05) is 0 Å². The van der Waals surface area contributed by atoms with Crippen LogP contribution in [0.1, 0.15) is 18.1 Å². The molecule has 0 heterocycles. The molecule has 0 aliphatic rings. The van der Waals surface area contributed by atoms with Gasteiger partial charge in [-0.05, 0) is 33.6 Å². The van der Waals surface area contributed by atoms with Gasteiger partial charge >= 0.3 is 0 Å². The molecule has 0 saturated carbocycles. The monoisotopic (exact) mass is 317 g/mol. The molecule has 5 nitrogen and oxygen atoms in total. The molecule has 0 spiro atoms. The van der Waals surface area contributed by atoms with Gasteiger partial charge in [0.15, 0.2) is 0 Å². The molecular formula is C12H16BrNO4. The Morgan fingerprint density at radius 2 is 2.17 bits per heavy atom. The summed E-state index contributed by atoms with van der Waals surface area (Å²) in [6, 6.07) is 5.17. The topological polar surface area (TPSA) is 59.0 Å². The van der Waals surface area contributed by atoms with E-state index in [1.165, 1.54) is 14.2 Å². The van der Waals surface area contributed by atoms with Crippen molar-refractivity contribution in [2.75, 3.05) is 21.3 Å². The van der Waals surface area contributed by atoms with E-state index in [9.17, 15) is 9.90 Å². The maximum absolute atomic E-state index is 11.6. The first kappa shape index (κ1) is 14.9. The SMILES string of the molecule is COc1ccc(C(O)CC(=O)N(C)OC)cc1Br. The summed E-state index contributed by atoms with van der Waals surface area (Å²) in [4.78, 5) is 16.3. The fraction of sp³-hybridized carbons (Fsp3) is 0.417. The maximum atomic E-state index is 11.6. The molecule has 1 aromatic carbocycles. The third-order valence-electron chi connectivity index (χ3n) is 2.55. The van der Waals surface area contributed by atoms with Crippen LogP contribution in [0.15, 0.2) is 22.7 Å². The van der Waals surface area contributed by atoms with E-state index in [0.29, 0.717) is 11.3 Å². The third-order valence-corrected chi connectivity index (χ3v) is 3.17. The summed E-state index contributed by atoms with van der Waals surface area (Å²) >= 11 is 3.33. The Hall–Kier alpha value is -1.11. The summed E-state index contributed by atoms with van der Waals surface area (Å²) < 4.78 is 5.82. The van der Waals surface area contributed by atoms with E-state index in [2.05, 4.69) is 15.9 Å². The fourth-order valence-electron chi connectivity index (χ4n) is 1.40. The Balaban J connectivity index is 2.75. The zero-order valence-electron chi connectivity index (χ0n) is 10.5. The molecule has 0 aromatic heterocycles. The van der Waals surface area contributed by atoms with Crippen molar-refractivity contribution in [2.45, 2.75) is 12.5 Å². The molecule has 1 unspecified atom stereocenters. The van der Waals surface area contributed by atoms with Gasteiger partial charge in [-0.2, -0.15) is 0 Å². The molecule has 1 N–H and O–H groups in total. The molecule has 0 bridgehead atoms. The Morgan fingerprint density at radius 3 is 2.67 bits per heavy atom. The van der Waals surface area contributed by atoms with Crippen molar-refractivity contribution in [3.05, 3.63) is 28.2 Å². The highest BCUT2D eigenvalue weighted by atomic mass is 79.9. The number of halogens is 1. The Morgan fingerprint density at radius 1 is 1.50 bits per heavy atom. The lowest BCUT2D eigenvalue weighted by Crippen LogP contribution is -2.26. The van der Waals surface area contributed by atoms with Gasteiger partial charge in [-0.1, -0.05) is 6.07 Å². The molecule has 0 aliphatic carbocycles. The lowest BCUT2D eigenvalue weighted by molar-refractivity contribution is -0.170. The molecule has 0 radical (unpaired) electrons. The molecule has 1 aromatic rings. The average molecular weight is 318 g/mol. The van der Waals surface area contributed by atoms with Crippen LogP contribution in [0.25, 0.3) is 0 Å². The number of aliphatic hydroxyl groups excluding tert-OH is 1. The molecule has 6 heteroatoms. The minimum atomic E-state index is -0.877. The van der Waals surface area contributed by atoms with Gasteiger partial charge in [-0.25, -0.2) is 5.06 Å². The normalized spacial score (nSPS) is 12.1. The van der Waals surface area contributed by atoms with Crippen LogP contribution in [0.5, 0.6) is 5.75 Å². The number of carbonyl (C=O) groups excluding carboxylic acids is 1. The van der Waals surface area contributed by atoms with Gasteiger partial charge in [-0.3, -0.25) is 9.63 Å². The van der Waals surface area contributed by atoms with Gasteiger partial charge in [0, 0.05) is 7.05 Å². The summed E-state index contributed by atoms with van der Waals surface area (Å²) in [5.41, 5.74) is 0.639. The highest BCUT2D eigenvalue weighted by Crippen LogP contribution is 2.29. The van der Waals surface area contributed by atoms with Crippen molar-refractivity contribution >= 4 is 21.8 Å². The summed E-state index contributed by atoms with van der Waals surface area (Å²) in [7, 11) is 4.46.